The number of hydrogen-bond donors (Lipinski definition) is 1. The van der Waals surface area contributed by atoms with E-state index in [4.69, 9.17) is 0 Å². The van der Waals surface area contributed by atoms with E-state index in [1.807, 2.05) is 0 Å². The highest BCUT2D eigenvalue weighted by atomic mass is 32.2. The van der Waals surface area contributed by atoms with Crippen LogP contribution < -0.4 is 5.32 Å². The Morgan fingerprint density at radius 1 is 1.32 bits per heavy atom. The van der Waals surface area contributed by atoms with Gasteiger partial charge in [0.2, 0.25) is 0 Å². The molecule has 5 nitrogen and oxygen atoms in total. The number of carbonyl (C=O) groups excluding carboxylic acids is 1. The predicted octanol–water partition coefficient (Wildman–Crippen LogP) is 1.83. The number of carbonyl (C=O) groups is 1. The zero-order chi connectivity index (χ0) is 16.9. The Hall–Kier alpha value is -1.63. The Bertz CT molecular complexity index is 619. The van der Waals surface area contributed by atoms with Gasteiger partial charge in [0.25, 0.3) is 0 Å². The van der Waals surface area contributed by atoms with Crippen molar-refractivity contribution in [1.82, 2.24) is 10.2 Å². The Kier molecular flexibility index (Phi) is 6.34. The highest BCUT2D eigenvalue weighted by Crippen LogP contribution is 2.09. The minimum atomic E-state index is -3.16. The molecule has 124 valence electrons. The molecule has 0 aliphatic carbocycles. The third kappa shape index (κ3) is 6.01. The van der Waals surface area contributed by atoms with Crippen molar-refractivity contribution in [3.05, 3.63) is 35.6 Å². The molecule has 7 heteroatoms. The van der Waals surface area contributed by atoms with Crippen molar-refractivity contribution in [3.8, 4) is 0 Å². The van der Waals surface area contributed by atoms with Gasteiger partial charge in [-0.3, -0.25) is 0 Å². The Labute approximate surface area is 131 Å². The van der Waals surface area contributed by atoms with E-state index in [0.717, 1.165) is 6.26 Å². The smallest absolute Gasteiger partial charge is 0.317 e. The van der Waals surface area contributed by atoms with Crippen molar-refractivity contribution in [2.75, 3.05) is 19.1 Å². The molecule has 0 saturated heterocycles. The maximum absolute atomic E-state index is 13.6. The number of sulfone groups is 1. The number of amides is 2. The molecule has 1 rings (SSSR count). The summed E-state index contributed by atoms with van der Waals surface area (Å²) in [6.45, 7) is 3.45. The Morgan fingerprint density at radius 2 is 1.91 bits per heavy atom. The number of rotatable bonds is 6. The van der Waals surface area contributed by atoms with E-state index in [1.165, 1.54) is 11.0 Å². The molecular formula is C15H23FN2O3S. The SMILES string of the molecule is C[C@H](Cc1ccccc1F)NC(=O)N(C)[C@H](C)CS(C)(=O)=O. The summed E-state index contributed by atoms with van der Waals surface area (Å²) in [5.41, 5.74) is 0.530. The van der Waals surface area contributed by atoms with E-state index >= 15 is 0 Å². The third-order valence-corrected chi connectivity index (χ3v) is 4.47. The highest BCUT2D eigenvalue weighted by molar-refractivity contribution is 7.90. The van der Waals surface area contributed by atoms with Crippen LogP contribution in [0.4, 0.5) is 9.18 Å². The fourth-order valence-corrected chi connectivity index (χ4v) is 3.21. The molecule has 0 bridgehead atoms. The lowest BCUT2D eigenvalue weighted by molar-refractivity contribution is 0.194. The predicted molar refractivity (Wildman–Crippen MR) is 85.0 cm³/mol. The third-order valence-electron chi connectivity index (χ3n) is 3.38. The van der Waals surface area contributed by atoms with Crippen LogP contribution in [0.3, 0.4) is 0 Å². The van der Waals surface area contributed by atoms with Crippen LogP contribution in [-0.4, -0.2) is 50.5 Å². The molecule has 1 aromatic carbocycles. The first-order chi connectivity index (χ1) is 10.1. The summed E-state index contributed by atoms with van der Waals surface area (Å²) < 4.78 is 36.1. The average Bonchev–Trinajstić information content (AvgIpc) is 2.38. The van der Waals surface area contributed by atoms with Gasteiger partial charge in [-0.15, -0.1) is 0 Å². The Balaban J connectivity index is 2.58. The topological polar surface area (TPSA) is 66.5 Å². The number of urea groups is 1. The number of benzene rings is 1. The molecule has 2 amide bonds. The minimum Gasteiger partial charge on any atom is -0.335 e. The van der Waals surface area contributed by atoms with Gasteiger partial charge < -0.3 is 10.2 Å². The van der Waals surface area contributed by atoms with Crippen molar-refractivity contribution in [1.29, 1.82) is 0 Å². The summed E-state index contributed by atoms with van der Waals surface area (Å²) in [6, 6.07) is 5.33. The van der Waals surface area contributed by atoms with Crippen LogP contribution in [0.15, 0.2) is 24.3 Å². The molecule has 0 saturated carbocycles. The number of halogens is 1. The molecule has 1 N–H and O–H groups in total. The quantitative estimate of drug-likeness (QED) is 0.865. The largest absolute Gasteiger partial charge is 0.335 e. The lowest BCUT2D eigenvalue weighted by Crippen LogP contribution is -2.48. The fourth-order valence-electron chi connectivity index (χ4n) is 2.11. The summed E-state index contributed by atoms with van der Waals surface area (Å²) in [5.74, 6) is -0.402. The van der Waals surface area contributed by atoms with Gasteiger partial charge in [-0.2, -0.15) is 0 Å². The molecule has 0 spiro atoms. The summed E-state index contributed by atoms with van der Waals surface area (Å²) in [5, 5.41) is 2.75. The molecule has 22 heavy (non-hydrogen) atoms. The van der Waals surface area contributed by atoms with E-state index in [9.17, 15) is 17.6 Å². The van der Waals surface area contributed by atoms with Crippen molar-refractivity contribution in [2.24, 2.45) is 0 Å². The molecule has 0 aromatic heterocycles. The zero-order valence-electron chi connectivity index (χ0n) is 13.3. The van der Waals surface area contributed by atoms with Gasteiger partial charge in [-0.05, 0) is 31.9 Å². The second-order valence-electron chi connectivity index (χ2n) is 5.70. The minimum absolute atomic E-state index is 0.0986. The summed E-state index contributed by atoms with van der Waals surface area (Å²) >= 11 is 0. The summed E-state index contributed by atoms with van der Waals surface area (Å²) in [7, 11) is -1.61. The van der Waals surface area contributed by atoms with Gasteiger partial charge >= 0.3 is 6.03 Å². The molecule has 0 aliphatic rings. The number of hydrogen-bond acceptors (Lipinski definition) is 3. The van der Waals surface area contributed by atoms with E-state index < -0.39 is 15.9 Å². The Morgan fingerprint density at radius 3 is 2.45 bits per heavy atom. The molecule has 0 heterocycles. The van der Waals surface area contributed by atoms with Crippen LogP contribution in [0.2, 0.25) is 0 Å². The molecule has 0 fully saturated rings. The molecule has 0 radical (unpaired) electrons. The monoisotopic (exact) mass is 330 g/mol. The van der Waals surface area contributed by atoms with Crippen molar-refractivity contribution in [3.63, 3.8) is 0 Å². The van der Waals surface area contributed by atoms with Gasteiger partial charge in [0.1, 0.15) is 15.7 Å². The van der Waals surface area contributed by atoms with Gasteiger partial charge in [0.15, 0.2) is 0 Å². The first-order valence-electron chi connectivity index (χ1n) is 7.04. The molecule has 0 unspecified atom stereocenters. The number of nitrogens with one attached hydrogen (secondary N) is 1. The van der Waals surface area contributed by atoms with Crippen molar-refractivity contribution >= 4 is 15.9 Å². The standard InChI is InChI=1S/C15H23FN2O3S/c1-11(9-13-7-5-6-8-14(13)16)17-15(19)18(3)12(2)10-22(4,20)21/h5-8,11-12H,9-10H2,1-4H3,(H,17,19)/t11-,12-/m1/s1. The summed E-state index contributed by atoms with van der Waals surface area (Å²) in [4.78, 5) is 13.4. The van der Waals surface area contributed by atoms with Crippen LogP contribution in [0.1, 0.15) is 19.4 Å². The molecule has 0 aliphatic heterocycles. The lowest BCUT2D eigenvalue weighted by atomic mass is 10.1. The maximum Gasteiger partial charge on any atom is 0.317 e. The van der Waals surface area contributed by atoms with Crippen molar-refractivity contribution in [2.45, 2.75) is 32.4 Å². The second-order valence-corrected chi connectivity index (χ2v) is 7.88. The van der Waals surface area contributed by atoms with E-state index in [2.05, 4.69) is 5.32 Å². The van der Waals surface area contributed by atoms with Crippen LogP contribution in [0, 0.1) is 5.82 Å². The average molecular weight is 330 g/mol. The van der Waals surface area contributed by atoms with E-state index in [-0.39, 0.29) is 23.6 Å². The zero-order valence-corrected chi connectivity index (χ0v) is 14.2. The summed E-state index contributed by atoms with van der Waals surface area (Å²) in [6.07, 6.45) is 1.50. The number of nitrogens with zero attached hydrogens (tertiary/aromatic N) is 1. The lowest BCUT2D eigenvalue weighted by Gasteiger charge is -2.26. The fraction of sp³-hybridized carbons (Fsp3) is 0.533. The molecular weight excluding hydrogens is 307 g/mol. The van der Waals surface area contributed by atoms with Gasteiger partial charge in [0, 0.05) is 25.4 Å². The maximum atomic E-state index is 13.6. The molecule has 2 atom stereocenters. The van der Waals surface area contributed by atoms with Crippen LogP contribution >= 0.6 is 0 Å². The highest BCUT2D eigenvalue weighted by Gasteiger charge is 2.21. The van der Waals surface area contributed by atoms with E-state index in [1.54, 1.807) is 39.1 Å². The van der Waals surface area contributed by atoms with E-state index in [0.29, 0.717) is 12.0 Å². The van der Waals surface area contributed by atoms with Crippen LogP contribution in [-0.2, 0) is 16.3 Å². The van der Waals surface area contributed by atoms with Gasteiger partial charge in [0.05, 0.1) is 5.75 Å². The van der Waals surface area contributed by atoms with Crippen molar-refractivity contribution < 1.29 is 17.6 Å². The first kappa shape index (κ1) is 18.4. The van der Waals surface area contributed by atoms with Crippen LogP contribution in [0.25, 0.3) is 0 Å². The van der Waals surface area contributed by atoms with Crippen LogP contribution in [0.5, 0.6) is 0 Å². The van der Waals surface area contributed by atoms with Gasteiger partial charge in [-0.25, -0.2) is 17.6 Å². The van der Waals surface area contributed by atoms with Gasteiger partial charge in [-0.1, -0.05) is 18.2 Å². The molecule has 1 aromatic rings. The first-order valence-corrected chi connectivity index (χ1v) is 9.10. The second kappa shape index (κ2) is 7.58. The normalized spacial score (nSPS) is 14.2.